The number of rotatable bonds is 3. The molecule has 20 heavy (non-hydrogen) atoms. The van der Waals surface area contributed by atoms with Crippen LogP contribution in [-0.4, -0.2) is 59.9 Å². The SMILES string of the molecule is CCC1NC(=O)C(C(C)C)N(C2CCCN(C)C2)C1=O. The monoisotopic (exact) mass is 281 g/mol. The molecule has 5 nitrogen and oxygen atoms in total. The molecule has 0 aromatic heterocycles. The van der Waals surface area contributed by atoms with E-state index in [9.17, 15) is 9.59 Å². The van der Waals surface area contributed by atoms with E-state index in [0.717, 1.165) is 25.9 Å². The van der Waals surface area contributed by atoms with E-state index in [-0.39, 0.29) is 35.9 Å². The van der Waals surface area contributed by atoms with E-state index in [1.165, 1.54) is 0 Å². The summed E-state index contributed by atoms with van der Waals surface area (Å²) in [5.74, 6) is 0.259. The normalized spacial score (nSPS) is 32.6. The number of carbonyl (C=O) groups excluding carboxylic acids is 2. The third-order valence-electron chi connectivity index (χ3n) is 4.47. The fraction of sp³-hybridized carbons (Fsp3) is 0.867. The third kappa shape index (κ3) is 2.82. The minimum Gasteiger partial charge on any atom is -0.343 e. The Morgan fingerprint density at radius 3 is 2.60 bits per heavy atom. The Balaban J connectivity index is 2.26. The summed E-state index contributed by atoms with van der Waals surface area (Å²) in [5, 5.41) is 2.88. The maximum absolute atomic E-state index is 12.7. The second-order valence-corrected chi connectivity index (χ2v) is 6.46. The molecule has 2 aliphatic rings. The molecule has 114 valence electrons. The van der Waals surface area contributed by atoms with Crippen molar-refractivity contribution in [3.63, 3.8) is 0 Å². The van der Waals surface area contributed by atoms with Crippen LogP contribution >= 0.6 is 0 Å². The van der Waals surface area contributed by atoms with Gasteiger partial charge < -0.3 is 15.1 Å². The fourth-order valence-corrected chi connectivity index (χ4v) is 3.44. The minimum atomic E-state index is -0.343. The zero-order valence-corrected chi connectivity index (χ0v) is 13.1. The second-order valence-electron chi connectivity index (χ2n) is 6.46. The first-order valence-electron chi connectivity index (χ1n) is 7.76. The lowest BCUT2D eigenvalue weighted by atomic mass is 9.92. The Bertz CT molecular complexity index is 383. The van der Waals surface area contributed by atoms with Gasteiger partial charge in [-0.05, 0) is 38.8 Å². The number of piperazine rings is 1. The largest absolute Gasteiger partial charge is 0.343 e. The number of likely N-dealkylation sites (N-methyl/N-ethyl adjacent to an activating group) is 1. The summed E-state index contributed by atoms with van der Waals surface area (Å²) in [6.45, 7) is 7.93. The topological polar surface area (TPSA) is 52.7 Å². The number of hydrogen-bond acceptors (Lipinski definition) is 3. The smallest absolute Gasteiger partial charge is 0.246 e. The van der Waals surface area contributed by atoms with Crippen LogP contribution in [0.1, 0.15) is 40.0 Å². The van der Waals surface area contributed by atoms with Gasteiger partial charge in [-0.25, -0.2) is 0 Å². The summed E-state index contributed by atoms with van der Waals surface area (Å²) in [6.07, 6.45) is 2.76. The van der Waals surface area contributed by atoms with Gasteiger partial charge in [0.1, 0.15) is 12.1 Å². The van der Waals surface area contributed by atoms with Crippen LogP contribution in [0.25, 0.3) is 0 Å². The van der Waals surface area contributed by atoms with Crippen LogP contribution in [0.2, 0.25) is 0 Å². The average Bonchev–Trinajstić information content (AvgIpc) is 2.40. The van der Waals surface area contributed by atoms with E-state index < -0.39 is 0 Å². The van der Waals surface area contributed by atoms with Crippen LogP contribution < -0.4 is 5.32 Å². The molecule has 0 bridgehead atoms. The number of likely N-dealkylation sites (tertiary alicyclic amines) is 1. The summed E-state index contributed by atoms with van der Waals surface area (Å²) in [4.78, 5) is 29.2. The summed E-state index contributed by atoms with van der Waals surface area (Å²) in [6, 6.07) is -0.486. The van der Waals surface area contributed by atoms with Crippen molar-refractivity contribution in [3.05, 3.63) is 0 Å². The van der Waals surface area contributed by atoms with Crippen molar-refractivity contribution in [3.8, 4) is 0 Å². The number of nitrogens with one attached hydrogen (secondary N) is 1. The van der Waals surface area contributed by atoms with Crippen LogP contribution in [0, 0.1) is 5.92 Å². The minimum absolute atomic E-state index is 0.0136. The molecule has 2 amide bonds. The van der Waals surface area contributed by atoms with Crippen molar-refractivity contribution < 1.29 is 9.59 Å². The first-order chi connectivity index (χ1) is 9.45. The Kier molecular flexibility index (Phi) is 4.68. The maximum atomic E-state index is 12.7. The Labute approximate surface area is 121 Å². The van der Waals surface area contributed by atoms with E-state index in [4.69, 9.17) is 0 Å². The van der Waals surface area contributed by atoms with Crippen molar-refractivity contribution in [1.29, 1.82) is 0 Å². The Morgan fingerprint density at radius 2 is 2.05 bits per heavy atom. The lowest BCUT2D eigenvalue weighted by Crippen LogP contribution is -2.68. The number of hydrogen-bond donors (Lipinski definition) is 1. The first kappa shape index (κ1) is 15.3. The van der Waals surface area contributed by atoms with Crippen molar-refractivity contribution in [2.45, 2.75) is 58.2 Å². The average molecular weight is 281 g/mol. The van der Waals surface area contributed by atoms with E-state index in [1.54, 1.807) is 0 Å². The molecule has 0 aliphatic carbocycles. The van der Waals surface area contributed by atoms with Crippen molar-refractivity contribution in [2.75, 3.05) is 20.1 Å². The van der Waals surface area contributed by atoms with Gasteiger partial charge in [0.05, 0.1) is 0 Å². The van der Waals surface area contributed by atoms with Gasteiger partial charge in [-0.1, -0.05) is 20.8 Å². The molecule has 2 fully saturated rings. The van der Waals surface area contributed by atoms with Gasteiger partial charge in [0.15, 0.2) is 0 Å². The van der Waals surface area contributed by atoms with Crippen molar-refractivity contribution in [2.24, 2.45) is 5.92 Å². The summed E-state index contributed by atoms with van der Waals surface area (Å²) < 4.78 is 0. The number of piperidine rings is 1. The number of carbonyl (C=O) groups is 2. The molecule has 0 spiro atoms. The molecule has 0 radical (unpaired) electrons. The highest BCUT2D eigenvalue weighted by molar-refractivity contribution is 5.97. The fourth-order valence-electron chi connectivity index (χ4n) is 3.44. The van der Waals surface area contributed by atoms with Crippen LogP contribution in [0.4, 0.5) is 0 Å². The molecular formula is C15H27N3O2. The van der Waals surface area contributed by atoms with Crippen molar-refractivity contribution in [1.82, 2.24) is 15.1 Å². The molecule has 5 heteroatoms. The molecular weight excluding hydrogens is 254 g/mol. The Morgan fingerprint density at radius 1 is 1.35 bits per heavy atom. The third-order valence-corrected chi connectivity index (χ3v) is 4.47. The first-order valence-corrected chi connectivity index (χ1v) is 7.76. The maximum Gasteiger partial charge on any atom is 0.246 e. The highest BCUT2D eigenvalue weighted by Gasteiger charge is 2.44. The van der Waals surface area contributed by atoms with E-state index in [0.29, 0.717) is 6.42 Å². The quantitative estimate of drug-likeness (QED) is 0.834. The second kappa shape index (κ2) is 6.12. The number of amides is 2. The van der Waals surface area contributed by atoms with Gasteiger partial charge in [0, 0.05) is 12.6 Å². The Hall–Kier alpha value is -1.10. The molecule has 2 saturated heterocycles. The van der Waals surface area contributed by atoms with Gasteiger partial charge >= 0.3 is 0 Å². The molecule has 0 aromatic carbocycles. The molecule has 2 aliphatic heterocycles. The molecule has 2 heterocycles. The summed E-state index contributed by atoms with van der Waals surface area (Å²) >= 11 is 0. The molecule has 2 rings (SSSR count). The number of nitrogens with zero attached hydrogens (tertiary/aromatic N) is 2. The zero-order valence-electron chi connectivity index (χ0n) is 13.1. The molecule has 0 saturated carbocycles. The lowest BCUT2D eigenvalue weighted by molar-refractivity contribution is -0.155. The standard InChI is InChI=1S/C15H27N3O2/c1-5-12-15(20)18(11-7-6-8-17(4)9-11)13(10(2)3)14(19)16-12/h10-13H,5-9H2,1-4H3,(H,16,19). The van der Waals surface area contributed by atoms with Crippen LogP contribution in [0.5, 0.6) is 0 Å². The predicted molar refractivity (Wildman–Crippen MR) is 78.2 cm³/mol. The molecule has 0 aromatic rings. The highest BCUT2D eigenvalue weighted by Crippen LogP contribution is 2.25. The summed E-state index contributed by atoms with van der Waals surface area (Å²) in [5.41, 5.74) is 0. The van der Waals surface area contributed by atoms with E-state index in [1.807, 2.05) is 25.7 Å². The van der Waals surface area contributed by atoms with Crippen LogP contribution in [-0.2, 0) is 9.59 Å². The highest BCUT2D eigenvalue weighted by atomic mass is 16.2. The summed E-state index contributed by atoms with van der Waals surface area (Å²) in [7, 11) is 2.09. The molecule has 3 unspecified atom stereocenters. The molecule has 1 N–H and O–H groups in total. The van der Waals surface area contributed by atoms with E-state index >= 15 is 0 Å². The van der Waals surface area contributed by atoms with E-state index in [2.05, 4.69) is 17.3 Å². The predicted octanol–water partition coefficient (Wildman–Crippen LogP) is 0.842. The van der Waals surface area contributed by atoms with Gasteiger partial charge in [0.2, 0.25) is 11.8 Å². The van der Waals surface area contributed by atoms with Gasteiger partial charge in [-0.3, -0.25) is 9.59 Å². The molecule has 3 atom stereocenters. The van der Waals surface area contributed by atoms with Gasteiger partial charge in [-0.15, -0.1) is 0 Å². The van der Waals surface area contributed by atoms with Crippen LogP contribution in [0.15, 0.2) is 0 Å². The van der Waals surface area contributed by atoms with Gasteiger partial charge in [-0.2, -0.15) is 0 Å². The van der Waals surface area contributed by atoms with Crippen molar-refractivity contribution >= 4 is 11.8 Å². The van der Waals surface area contributed by atoms with Crippen LogP contribution in [0.3, 0.4) is 0 Å². The lowest BCUT2D eigenvalue weighted by Gasteiger charge is -2.47. The van der Waals surface area contributed by atoms with Gasteiger partial charge in [0.25, 0.3) is 0 Å². The zero-order chi connectivity index (χ0) is 14.9.